The average molecular weight is 534 g/mol. The number of benzene rings is 2. The second kappa shape index (κ2) is 10.8. The third kappa shape index (κ3) is 4.99. The Morgan fingerprint density at radius 1 is 1.13 bits per heavy atom. The van der Waals surface area contributed by atoms with E-state index in [9.17, 15) is 15.0 Å². The summed E-state index contributed by atoms with van der Waals surface area (Å²) in [7, 11) is 0. The number of aliphatic hydroxyl groups is 2. The molecule has 1 amide bonds. The summed E-state index contributed by atoms with van der Waals surface area (Å²) in [6.45, 7) is 6.87. The Hall–Kier alpha value is -2.74. The molecule has 1 aromatic heterocycles. The van der Waals surface area contributed by atoms with Gasteiger partial charge in [-0.25, -0.2) is 4.98 Å². The molecule has 6 unspecified atom stereocenters. The van der Waals surface area contributed by atoms with Crippen LogP contribution in [0.3, 0.4) is 0 Å². The standard InChI is InChI=1S/C31H39N3O3S/c1-20(22-12-8-5-9-13-22)33-27(37)16-23-28-24(38-29(34-28)32-18-21-10-6-4-7-11-21)17-25-30(23,2)15-14-26(36)31(25,3)19-35/h4-13,20,23,25-26,35-36H,14-19H2,1-3H3,(H,32,34)(H,33,37). The van der Waals surface area contributed by atoms with Crippen LogP contribution < -0.4 is 10.6 Å². The van der Waals surface area contributed by atoms with E-state index in [-0.39, 0.29) is 35.8 Å². The van der Waals surface area contributed by atoms with Crippen molar-refractivity contribution in [3.63, 3.8) is 0 Å². The van der Waals surface area contributed by atoms with Crippen LogP contribution in [0.4, 0.5) is 5.13 Å². The number of hydrogen-bond acceptors (Lipinski definition) is 6. The van der Waals surface area contributed by atoms with E-state index >= 15 is 0 Å². The number of carbonyl (C=O) groups excluding carboxylic acids is 1. The lowest BCUT2D eigenvalue weighted by Gasteiger charge is -2.58. The summed E-state index contributed by atoms with van der Waals surface area (Å²) in [5.41, 5.74) is 2.37. The highest BCUT2D eigenvalue weighted by atomic mass is 32.1. The topological polar surface area (TPSA) is 94.5 Å². The van der Waals surface area contributed by atoms with Crippen molar-refractivity contribution in [1.82, 2.24) is 10.3 Å². The Kier molecular flexibility index (Phi) is 7.63. The summed E-state index contributed by atoms with van der Waals surface area (Å²) >= 11 is 1.65. The van der Waals surface area contributed by atoms with Gasteiger partial charge in [-0.2, -0.15) is 0 Å². The SMILES string of the molecule is CC(NC(=O)CC1c2nc(NCc3ccccc3)sc2CC2C(C)(CO)C(O)CCC12C)c1ccccc1. The number of amides is 1. The Morgan fingerprint density at radius 3 is 2.50 bits per heavy atom. The van der Waals surface area contributed by atoms with Crippen LogP contribution in [0.5, 0.6) is 0 Å². The summed E-state index contributed by atoms with van der Waals surface area (Å²) in [6, 6.07) is 20.2. The molecule has 5 rings (SSSR count). The zero-order valence-corrected chi connectivity index (χ0v) is 23.3. The molecule has 3 aromatic rings. The van der Waals surface area contributed by atoms with E-state index < -0.39 is 11.5 Å². The molecule has 6 atom stereocenters. The highest BCUT2D eigenvalue weighted by Crippen LogP contribution is 2.62. The first-order valence-electron chi connectivity index (χ1n) is 13.6. The molecule has 1 saturated carbocycles. The first-order valence-corrected chi connectivity index (χ1v) is 14.5. The number of thiazole rings is 1. The third-order valence-electron chi connectivity index (χ3n) is 9.25. The summed E-state index contributed by atoms with van der Waals surface area (Å²) in [4.78, 5) is 19.7. The minimum atomic E-state index is -0.627. The van der Waals surface area contributed by atoms with Crippen LogP contribution in [0.25, 0.3) is 0 Å². The third-order valence-corrected chi connectivity index (χ3v) is 10.3. The Bertz CT molecular complexity index is 1250. The monoisotopic (exact) mass is 533 g/mol. The molecule has 0 aliphatic heterocycles. The molecule has 1 fully saturated rings. The molecule has 202 valence electrons. The quantitative estimate of drug-likeness (QED) is 0.309. The van der Waals surface area contributed by atoms with Gasteiger partial charge in [0.25, 0.3) is 0 Å². The van der Waals surface area contributed by atoms with E-state index in [4.69, 9.17) is 4.98 Å². The summed E-state index contributed by atoms with van der Waals surface area (Å²) in [5, 5.41) is 29.0. The Morgan fingerprint density at radius 2 is 1.82 bits per heavy atom. The second-order valence-electron chi connectivity index (χ2n) is 11.6. The van der Waals surface area contributed by atoms with Gasteiger partial charge in [0.1, 0.15) is 0 Å². The maximum absolute atomic E-state index is 13.5. The average Bonchev–Trinajstić information content (AvgIpc) is 3.35. The first kappa shape index (κ1) is 26.9. The normalized spacial score (nSPS) is 29.1. The maximum Gasteiger partial charge on any atom is 0.221 e. The Labute approximate surface area is 229 Å². The molecule has 2 aromatic carbocycles. The molecule has 4 N–H and O–H groups in total. The molecular weight excluding hydrogens is 494 g/mol. The zero-order valence-electron chi connectivity index (χ0n) is 22.5. The number of nitrogens with one attached hydrogen (secondary N) is 2. The molecular formula is C31H39N3O3S. The van der Waals surface area contributed by atoms with E-state index in [2.05, 4.69) is 29.7 Å². The number of carbonyl (C=O) groups is 1. The Balaban J connectivity index is 1.44. The lowest BCUT2D eigenvalue weighted by molar-refractivity contribution is -0.144. The smallest absolute Gasteiger partial charge is 0.221 e. The summed E-state index contributed by atoms with van der Waals surface area (Å²) in [6.07, 6.45) is 1.93. The van der Waals surface area contributed by atoms with Crippen molar-refractivity contribution in [2.24, 2.45) is 16.7 Å². The van der Waals surface area contributed by atoms with Crippen LogP contribution in [0.15, 0.2) is 60.7 Å². The molecule has 0 spiro atoms. The minimum absolute atomic E-state index is 0.00259. The van der Waals surface area contributed by atoms with Crippen molar-refractivity contribution in [2.45, 2.75) is 71.1 Å². The number of fused-ring (bicyclic) bond motifs is 2. The molecule has 0 saturated heterocycles. The summed E-state index contributed by atoms with van der Waals surface area (Å²) in [5.74, 6) is -0.0491. The van der Waals surface area contributed by atoms with Gasteiger partial charge in [-0.15, -0.1) is 11.3 Å². The van der Waals surface area contributed by atoms with Gasteiger partial charge in [-0.3, -0.25) is 4.79 Å². The molecule has 6 nitrogen and oxygen atoms in total. The lowest BCUT2D eigenvalue weighted by Crippen LogP contribution is -2.57. The number of aliphatic hydroxyl groups excluding tert-OH is 2. The van der Waals surface area contributed by atoms with Crippen LogP contribution >= 0.6 is 11.3 Å². The number of rotatable bonds is 8. The molecule has 7 heteroatoms. The van der Waals surface area contributed by atoms with E-state index in [0.29, 0.717) is 19.4 Å². The van der Waals surface area contributed by atoms with E-state index in [1.54, 1.807) is 11.3 Å². The minimum Gasteiger partial charge on any atom is -0.396 e. The van der Waals surface area contributed by atoms with Crippen molar-refractivity contribution in [1.29, 1.82) is 0 Å². The van der Waals surface area contributed by atoms with Gasteiger partial charge in [-0.1, -0.05) is 74.5 Å². The van der Waals surface area contributed by atoms with Crippen LogP contribution in [-0.2, 0) is 17.8 Å². The zero-order chi connectivity index (χ0) is 26.9. The van der Waals surface area contributed by atoms with Gasteiger partial charge in [0.05, 0.1) is 24.4 Å². The van der Waals surface area contributed by atoms with Crippen molar-refractivity contribution in [2.75, 3.05) is 11.9 Å². The fraction of sp³-hybridized carbons (Fsp3) is 0.484. The number of anilines is 1. The predicted molar refractivity (Wildman–Crippen MR) is 152 cm³/mol. The van der Waals surface area contributed by atoms with Crippen molar-refractivity contribution < 1.29 is 15.0 Å². The van der Waals surface area contributed by atoms with E-state index in [1.807, 2.05) is 62.4 Å². The molecule has 0 radical (unpaired) electrons. The summed E-state index contributed by atoms with van der Waals surface area (Å²) < 4.78 is 0. The number of nitrogens with zero attached hydrogens (tertiary/aromatic N) is 1. The van der Waals surface area contributed by atoms with Crippen LogP contribution in [0.1, 0.15) is 73.7 Å². The van der Waals surface area contributed by atoms with Crippen molar-refractivity contribution in [3.05, 3.63) is 82.4 Å². The first-order chi connectivity index (χ1) is 18.2. The lowest BCUT2D eigenvalue weighted by atomic mass is 9.47. The van der Waals surface area contributed by atoms with Crippen LogP contribution in [0.2, 0.25) is 0 Å². The number of hydrogen-bond donors (Lipinski definition) is 4. The van der Waals surface area contributed by atoms with Gasteiger partial charge < -0.3 is 20.8 Å². The second-order valence-corrected chi connectivity index (χ2v) is 12.7. The number of aromatic nitrogens is 1. The maximum atomic E-state index is 13.5. The van der Waals surface area contributed by atoms with Crippen LogP contribution in [-0.4, -0.2) is 33.8 Å². The molecule has 2 aliphatic rings. The van der Waals surface area contributed by atoms with Crippen LogP contribution in [0, 0.1) is 16.7 Å². The largest absolute Gasteiger partial charge is 0.396 e. The van der Waals surface area contributed by atoms with E-state index in [0.717, 1.165) is 34.1 Å². The molecule has 2 aliphatic carbocycles. The van der Waals surface area contributed by atoms with Gasteiger partial charge in [0.2, 0.25) is 5.91 Å². The van der Waals surface area contributed by atoms with Crippen molar-refractivity contribution in [3.8, 4) is 0 Å². The van der Waals surface area contributed by atoms with Gasteiger partial charge in [0, 0.05) is 29.2 Å². The highest BCUT2D eigenvalue weighted by Gasteiger charge is 2.59. The van der Waals surface area contributed by atoms with Gasteiger partial charge in [0.15, 0.2) is 5.13 Å². The van der Waals surface area contributed by atoms with Crippen molar-refractivity contribution >= 4 is 22.4 Å². The van der Waals surface area contributed by atoms with Gasteiger partial charge in [-0.05, 0) is 48.6 Å². The fourth-order valence-electron chi connectivity index (χ4n) is 6.81. The highest BCUT2D eigenvalue weighted by molar-refractivity contribution is 7.15. The predicted octanol–water partition coefficient (Wildman–Crippen LogP) is 5.44. The molecule has 38 heavy (non-hydrogen) atoms. The molecule has 1 heterocycles. The molecule has 0 bridgehead atoms. The van der Waals surface area contributed by atoms with Gasteiger partial charge >= 0.3 is 0 Å². The fourth-order valence-corrected chi connectivity index (χ4v) is 7.87. The van der Waals surface area contributed by atoms with E-state index in [1.165, 1.54) is 5.56 Å².